The standard InChI is InChI=1S/C12H15FN2/c1-9-11(14)7-6-10(12(9)13)5-3-4-8-15-2/h6-7,15H,4,8,14H2,1-2H3. The van der Waals surface area contributed by atoms with Crippen LogP contribution in [0.2, 0.25) is 0 Å². The lowest BCUT2D eigenvalue weighted by Crippen LogP contribution is -2.05. The minimum absolute atomic E-state index is 0.313. The van der Waals surface area contributed by atoms with Crippen molar-refractivity contribution in [3.8, 4) is 11.8 Å². The van der Waals surface area contributed by atoms with Crippen molar-refractivity contribution in [2.45, 2.75) is 13.3 Å². The van der Waals surface area contributed by atoms with Gasteiger partial charge in [-0.25, -0.2) is 4.39 Å². The monoisotopic (exact) mass is 206 g/mol. The van der Waals surface area contributed by atoms with E-state index >= 15 is 0 Å². The second kappa shape index (κ2) is 5.38. The number of nitrogens with one attached hydrogen (secondary N) is 1. The molecule has 2 nitrogen and oxygen atoms in total. The highest BCUT2D eigenvalue weighted by Gasteiger charge is 2.05. The summed E-state index contributed by atoms with van der Waals surface area (Å²) in [7, 11) is 1.86. The molecule has 0 spiro atoms. The van der Waals surface area contributed by atoms with Gasteiger partial charge in [-0.15, -0.1) is 0 Å². The van der Waals surface area contributed by atoms with Crippen molar-refractivity contribution in [1.29, 1.82) is 0 Å². The van der Waals surface area contributed by atoms with Gasteiger partial charge < -0.3 is 11.1 Å². The molecular formula is C12H15FN2. The SMILES string of the molecule is CNCCC#Cc1ccc(N)c(C)c1F. The number of rotatable bonds is 2. The number of hydrogen-bond acceptors (Lipinski definition) is 2. The fraction of sp³-hybridized carbons (Fsp3) is 0.333. The summed E-state index contributed by atoms with van der Waals surface area (Å²) in [6.45, 7) is 2.46. The fourth-order valence-electron chi connectivity index (χ4n) is 1.14. The summed E-state index contributed by atoms with van der Waals surface area (Å²) < 4.78 is 13.6. The van der Waals surface area contributed by atoms with Gasteiger partial charge in [0.05, 0.1) is 5.56 Å². The third kappa shape index (κ3) is 2.97. The van der Waals surface area contributed by atoms with Crippen molar-refractivity contribution in [1.82, 2.24) is 5.32 Å². The van der Waals surface area contributed by atoms with E-state index in [0.717, 1.165) is 6.54 Å². The molecule has 0 aliphatic carbocycles. The molecule has 0 fully saturated rings. The summed E-state index contributed by atoms with van der Waals surface area (Å²) in [5.74, 6) is 5.38. The van der Waals surface area contributed by atoms with Gasteiger partial charge in [0.15, 0.2) is 0 Å². The molecule has 0 bridgehead atoms. The zero-order valence-corrected chi connectivity index (χ0v) is 9.02. The third-order valence-electron chi connectivity index (χ3n) is 2.15. The lowest BCUT2D eigenvalue weighted by Gasteiger charge is -2.02. The van der Waals surface area contributed by atoms with Gasteiger partial charge in [-0.2, -0.15) is 0 Å². The van der Waals surface area contributed by atoms with Crippen LogP contribution >= 0.6 is 0 Å². The molecule has 3 N–H and O–H groups in total. The molecule has 0 aliphatic heterocycles. The predicted molar refractivity (Wildman–Crippen MR) is 61.0 cm³/mol. The molecule has 0 aromatic heterocycles. The summed E-state index contributed by atoms with van der Waals surface area (Å²) in [6.07, 6.45) is 0.708. The number of nitrogens with two attached hydrogens (primary N) is 1. The van der Waals surface area contributed by atoms with Crippen molar-refractivity contribution >= 4 is 5.69 Å². The van der Waals surface area contributed by atoms with Gasteiger partial charge in [0.2, 0.25) is 0 Å². The normalized spacial score (nSPS) is 9.53. The second-order valence-electron chi connectivity index (χ2n) is 3.30. The summed E-state index contributed by atoms with van der Waals surface area (Å²) in [5.41, 5.74) is 6.92. The first-order chi connectivity index (χ1) is 7.16. The molecule has 1 rings (SSSR count). The van der Waals surface area contributed by atoms with Crippen LogP contribution in [0, 0.1) is 24.6 Å². The molecular weight excluding hydrogens is 191 g/mol. The van der Waals surface area contributed by atoms with E-state index < -0.39 is 0 Å². The summed E-state index contributed by atoms with van der Waals surface area (Å²) in [5, 5.41) is 2.97. The van der Waals surface area contributed by atoms with Crippen molar-refractivity contribution < 1.29 is 4.39 Å². The van der Waals surface area contributed by atoms with Crippen molar-refractivity contribution in [3.05, 3.63) is 29.1 Å². The molecule has 0 atom stereocenters. The van der Waals surface area contributed by atoms with Crippen LogP contribution in [-0.4, -0.2) is 13.6 Å². The van der Waals surface area contributed by atoms with Gasteiger partial charge in [0, 0.05) is 24.2 Å². The first kappa shape index (κ1) is 11.5. The minimum atomic E-state index is -0.313. The van der Waals surface area contributed by atoms with Crippen LogP contribution in [0.3, 0.4) is 0 Å². The summed E-state index contributed by atoms with van der Waals surface area (Å²) in [4.78, 5) is 0. The van der Waals surface area contributed by atoms with Gasteiger partial charge >= 0.3 is 0 Å². The van der Waals surface area contributed by atoms with E-state index in [4.69, 9.17) is 5.73 Å². The highest BCUT2D eigenvalue weighted by molar-refractivity contribution is 5.52. The Morgan fingerprint density at radius 2 is 2.20 bits per heavy atom. The molecule has 1 aromatic rings. The van der Waals surface area contributed by atoms with E-state index in [9.17, 15) is 4.39 Å². The van der Waals surface area contributed by atoms with Gasteiger partial charge in [-0.05, 0) is 26.1 Å². The van der Waals surface area contributed by atoms with Crippen LogP contribution in [-0.2, 0) is 0 Å². The van der Waals surface area contributed by atoms with E-state index in [-0.39, 0.29) is 5.82 Å². The largest absolute Gasteiger partial charge is 0.398 e. The van der Waals surface area contributed by atoms with Crippen molar-refractivity contribution in [2.75, 3.05) is 19.3 Å². The lowest BCUT2D eigenvalue weighted by atomic mass is 10.1. The Balaban J connectivity index is 2.85. The van der Waals surface area contributed by atoms with Gasteiger partial charge in [-0.3, -0.25) is 0 Å². The fourth-order valence-corrected chi connectivity index (χ4v) is 1.14. The number of nitrogen functional groups attached to an aromatic ring is 1. The molecule has 0 heterocycles. The van der Waals surface area contributed by atoms with Crippen LogP contribution in [0.25, 0.3) is 0 Å². The number of anilines is 1. The molecule has 0 radical (unpaired) electrons. The maximum Gasteiger partial charge on any atom is 0.143 e. The molecule has 15 heavy (non-hydrogen) atoms. The molecule has 1 aromatic carbocycles. The summed E-state index contributed by atoms with van der Waals surface area (Å²) in [6, 6.07) is 3.30. The van der Waals surface area contributed by atoms with Crippen molar-refractivity contribution in [2.24, 2.45) is 0 Å². The van der Waals surface area contributed by atoms with Gasteiger partial charge in [-0.1, -0.05) is 11.8 Å². The first-order valence-electron chi connectivity index (χ1n) is 4.85. The van der Waals surface area contributed by atoms with Crippen LogP contribution in [0.15, 0.2) is 12.1 Å². The molecule has 0 aliphatic rings. The van der Waals surface area contributed by atoms with E-state index in [0.29, 0.717) is 23.2 Å². The van der Waals surface area contributed by atoms with Crippen molar-refractivity contribution in [3.63, 3.8) is 0 Å². The highest BCUT2D eigenvalue weighted by Crippen LogP contribution is 2.17. The van der Waals surface area contributed by atoms with Gasteiger partial charge in [0.1, 0.15) is 5.82 Å². The number of benzene rings is 1. The van der Waals surface area contributed by atoms with E-state index in [2.05, 4.69) is 17.2 Å². The molecule has 0 saturated heterocycles. The third-order valence-corrected chi connectivity index (χ3v) is 2.15. The Hall–Kier alpha value is -1.53. The highest BCUT2D eigenvalue weighted by atomic mass is 19.1. The average Bonchev–Trinajstić information content (AvgIpc) is 2.24. The predicted octanol–water partition coefficient (Wildman–Crippen LogP) is 1.68. The Morgan fingerprint density at radius 3 is 2.87 bits per heavy atom. The quantitative estimate of drug-likeness (QED) is 0.439. The Kier molecular flexibility index (Phi) is 4.14. The molecule has 80 valence electrons. The number of hydrogen-bond donors (Lipinski definition) is 2. The van der Waals surface area contributed by atoms with Crippen LogP contribution < -0.4 is 11.1 Å². The minimum Gasteiger partial charge on any atom is -0.398 e. The first-order valence-corrected chi connectivity index (χ1v) is 4.85. The van der Waals surface area contributed by atoms with E-state index in [1.807, 2.05) is 7.05 Å². The van der Waals surface area contributed by atoms with Crippen LogP contribution in [0.4, 0.5) is 10.1 Å². The lowest BCUT2D eigenvalue weighted by molar-refractivity contribution is 0.616. The molecule has 0 saturated carbocycles. The van der Waals surface area contributed by atoms with Crippen LogP contribution in [0.1, 0.15) is 17.5 Å². The zero-order chi connectivity index (χ0) is 11.3. The Labute approximate surface area is 89.7 Å². The number of halogens is 1. The maximum absolute atomic E-state index is 13.6. The smallest absolute Gasteiger partial charge is 0.143 e. The second-order valence-corrected chi connectivity index (χ2v) is 3.30. The molecule has 0 amide bonds. The Morgan fingerprint density at radius 1 is 1.47 bits per heavy atom. The molecule has 3 heteroatoms. The van der Waals surface area contributed by atoms with E-state index in [1.54, 1.807) is 19.1 Å². The average molecular weight is 206 g/mol. The maximum atomic E-state index is 13.6. The molecule has 0 unspecified atom stereocenters. The van der Waals surface area contributed by atoms with Gasteiger partial charge in [0.25, 0.3) is 0 Å². The summed E-state index contributed by atoms with van der Waals surface area (Å²) >= 11 is 0. The topological polar surface area (TPSA) is 38.0 Å². The zero-order valence-electron chi connectivity index (χ0n) is 9.02. The van der Waals surface area contributed by atoms with Crippen LogP contribution in [0.5, 0.6) is 0 Å². The van der Waals surface area contributed by atoms with E-state index in [1.165, 1.54) is 0 Å². The Bertz CT molecular complexity index is 402.